The molecule has 24 heavy (non-hydrogen) atoms. The molecule has 1 N–H and O–H groups in total. The summed E-state index contributed by atoms with van der Waals surface area (Å²) in [4.78, 5) is 12.0. The Morgan fingerprint density at radius 1 is 1.33 bits per heavy atom. The first-order valence-electron chi connectivity index (χ1n) is 7.42. The normalized spacial score (nSPS) is 11.7. The largest absolute Gasteiger partial charge is 0.479 e. The Labute approximate surface area is 146 Å². The third-order valence-electron chi connectivity index (χ3n) is 3.32. The lowest BCUT2D eigenvalue weighted by Crippen LogP contribution is -2.24. The van der Waals surface area contributed by atoms with Crippen LogP contribution in [0.4, 0.5) is 0 Å². The molecule has 0 fully saturated rings. The van der Waals surface area contributed by atoms with Gasteiger partial charge in [-0.15, -0.1) is 0 Å². The Hall–Kier alpha value is -2.77. The van der Waals surface area contributed by atoms with Crippen molar-refractivity contribution in [3.05, 3.63) is 70.8 Å². The molecule has 4 nitrogen and oxygen atoms in total. The minimum absolute atomic E-state index is 0.0129. The third kappa shape index (κ3) is 5.45. The van der Waals surface area contributed by atoms with E-state index in [1.54, 1.807) is 24.3 Å². The molecule has 2 aromatic rings. The number of halogens is 1. The molecule has 0 aromatic heterocycles. The maximum absolute atomic E-state index is 12.0. The molecule has 122 valence electrons. The van der Waals surface area contributed by atoms with Crippen molar-refractivity contribution < 1.29 is 9.53 Å². The van der Waals surface area contributed by atoms with Crippen LogP contribution in [0.25, 0.3) is 6.08 Å². The Morgan fingerprint density at radius 3 is 2.75 bits per heavy atom. The molecule has 0 radical (unpaired) electrons. The van der Waals surface area contributed by atoms with E-state index in [4.69, 9.17) is 21.6 Å². The van der Waals surface area contributed by atoms with E-state index in [1.807, 2.05) is 43.3 Å². The number of carbonyl (C=O) groups is 1. The van der Waals surface area contributed by atoms with Crippen molar-refractivity contribution in [3.8, 4) is 11.8 Å². The lowest BCUT2D eigenvalue weighted by molar-refractivity contribution is -0.117. The van der Waals surface area contributed by atoms with Crippen LogP contribution >= 0.6 is 11.6 Å². The molecule has 0 bridgehead atoms. The summed E-state index contributed by atoms with van der Waals surface area (Å²) in [7, 11) is 0. The highest BCUT2D eigenvalue weighted by atomic mass is 35.5. The maximum atomic E-state index is 12.0. The first-order valence-corrected chi connectivity index (χ1v) is 7.80. The van der Waals surface area contributed by atoms with Crippen LogP contribution in [0.5, 0.6) is 5.75 Å². The average Bonchev–Trinajstić information content (AvgIpc) is 2.59. The number of carbonyl (C=O) groups excluding carboxylic acids is 1. The van der Waals surface area contributed by atoms with Gasteiger partial charge in [-0.3, -0.25) is 4.79 Å². The smallest absolute Gasteiger partial charge is 0.244 e. The number of nitrogens with zero attached hydrogens (tertiary/aromatic N) is 1. The molecule has 1 amide bonds. The second kappa shape index (κ2) is 8.76. The zero-order valence-corrected chi connectivity index (χ0v) is 14.0. The highest BCUT2D eigenvalue weighted by Crippen LogP contribution is 2.17. The van der Waals surface area contributed by atoms with Gasteiger partial charge in [-0.2, -0.15) is 5.26 Å². The van der Waals surface area contributed by atoms with Crippen molar-refractivity contribution in [2.75, 3.05) is 6.61 Å². The van der Waals surface area contributed by atoms with Gasteiger partial charge in [0.2, 0.25) is 5.91 Å². The number of hydrogen-bond donors (Lipinski definition) is 1. The Morgan fingerprint density at radius 2 is 2.08 bits per heavy atom. The third-order valence-corrected chi connectivity index (χ3v) is 3.55. The molecule has 0 aliphatic heterocycles. The van der Waals surface area contributed by atoms with Gasteiger partial charge < -0.3 is 10.1 Å². The van der Waals surface area contributed by atoms with Crippen LogP contribution in [-0.2, 0) is 4.79 Å². The predicted octanol–water partition coefficient (Wildman–Crippen LogP) is 4.13. The zero-order valence-electron chi connectivity index (χ0n) is 13.2. The zero-order chi connectivity index (χ0) is 17.4. The predicted molar refractivity (Wildman–Crippen MR) is 94.6 cm³/mol. The molecule has 1 unspecified atom stereocenters. The number of hydrogen-bond acceptors (Lipinski definition) is 3. The molecule has 1 atom stereocenters. The van der Waals surface area contributed by atoms with E-state index in [-0.39, 0.29) is 18.6 Å². The van der Waals surface area contributed by atoms with Crippen LogP contribution < -0.4 is 10.1 Å². The molecule has 0 saturated carbocycles. The van der Waals surface area contributed by atoms with E-state index >= 15 is 0 Å². The summed E-state index contributed by atoms with van der Waals surface area (Å²) in [6.45, 7) is 1.91. The van der Waals surface area contributed by atoms with Crippen LogP contribution in [-0.4, -0.2) is 12.5 Å². The molecule has 0 saturated heterocycles. The molecule has 0 spiro atoms. The number of benzene rings is 2. The first kappa shape index (κ1) is 17.6. The second-order valence-electron chi connectivity index (χ2n) is 5.13. The number of ether oxygens (including phenoxy) is 1. The highest BCUT2D eigenvalue weighted by Gasteiger charge is 2.07. The van der Waals surface area contributed by atoms with E-state index in [0.717, 1.165) is 11.1 Å². The summed E-state index contributed by atoms with van der Waals surface area (Å²) in [6, 6.07) is 16.3. The van der Waals surface area contributed by atoms with E-state index in [2.05, 4.69) is 5.32 Å². The van der Waals surface area contributed by atoms with Gasteiger partial charge >= 0.3 is 0 Å². The quantitative estimate of drug-likeness (QED) is 0.804. The molecule has 0 aliphatic rings. The van der Waals surface area contributed by atoms with Gasteiger partial charge in [0.1, 0.15) is 11.8 Å². The lowest BCUT2D eigenvalue weighted by Gasteiger charge is -2.13. The fourth-order valence-corrected chi connectivity index (χ4v) is 2.28. The Balaban J connectivity index is 1.91. The van der Waals surface area contributed by atoms with Crippen LogP contribution in [0.2, 0.25) is 5.02 Å². The lowest BCUT2D eigenvalue weighted by atomic mass is 10.1. The first-order chi connectivity index (χ1) is 11.6. The van der Waals surface area contributed by atoms with Gasteiger partial charge in [0.25, 0.3) is 0 Å². The van der Waals surface area contributed by atoms with E-state index in [1.165, 1.54) is 6.08 Å². The highest BCUT2D eigenvalue weighted by molar-refractivity contribution is 6.30. The van der Waals surface area contributed by atoms with Crippen molar-refractivity contribution in [2.24, 2.45) is 0 Å². The fraction of sp³-hybridized carbons (Fsp3) is 0.158. The average molecular weight is 341 g/mol. The van der Waals surface area contributed by atoms with Crippen molar-refractivity contribution in [1.82, 2.24) is 5.32 Å². The number of nitriles is 1. The number of rotatable bonds is 6. The van der Waals surface area contributed by atoms with Gasteiger partial charge in [-0.05, 0) is 48.4 Å². The van der Waals surface area contributed by atoms with Gasteiger partial charge in [0, 0.05) is 11.1 Å². The van der Waals surface area contributed by atoms with Crippen LogP contribution in [0.15, 0.2) is 54.6 Å². The summed E-state index contributed by atoms with van der Waals surface area (Å²) in [5, 5.41) is 12.0. The SMILES string of the molecule is CC(NC(=O)/C=C/c1ccc(OCC#N)cc1)c1cccc(Cl)c1. The van der Waals surface area contributed by atoms with E-state index < -0.39 is 0 Å². The molecule has 2 aromatic carbocycles. The van der Waals surface area contributed by atoms with Gasteiger partial charge in [0.05, 0.1) is 6.04 Å². The van der Waals surface area contributed by atoms with Crippen LogP contribution in [0, 0.1) is 11.3 Å². The summed E-state index contributed by atoms with van der Waals surface area (Å²) in [6.07, 6.45) is 3.19. The number of nitrogens with one attached hydrogen (secondary N) is 1. The maximum Gasteiger partial charge on any atom is 0.244 e. The molecule has 5 heteroatoms. The molecular weight excluding hydrogens is 324 g/mol. The van der Waals surface area contributed by atoms with Crippen molar-refractivity contribution in [1.29, 1.82) is 5.26 Å². The van der Waals surface area contributed by atoms with Gasteiger partial charge in [-0.25, -0.2) is 0 Å². The van der Waals surface area contributed by atoms with Crippen molar-refractivity contribution in [2.45, 2.75) is 13.0 Å². The van der Waals surface area contributed by atoms with Crippen LogP contribution in [0.1, 0.15) is 24.1 Å². The van der Waals surface area contributed by atoms with E-state index in [9.17, 15) is 4.79 Å². The number of amides is 1. The summed E-state index contributed by atoms with van der Waals surface area (Å²) in [5.74, 6) is 0.431. The molecular formula is C19H17ClN2O2. The Kier molecular flexibility index (Phi) is 6.41. The standard InChI is InChI=1S/C19H17ClN2O2/c1-14(16-3-2-4-17(20)13-16)22-19(23)10-7-15-5-8-18(9-6-15)24-12-11-21/h2-10,13-14H,12H2,1H3,(H,22,23)/b10-7+. The molecule has 0 heterocycles. The van der Waals surface area contributed by atoms with Gasteiger partial charge in [-0.1, -0.05) is 35.9 Å². The van der Waals surface area contributed by atoms with Crippen molar-refractivity contribution >= 4 is 23.6 Å². The van der Waals surface area contributed by atoms with E-state index in [0.29, 0.717) is 10.8 Å². The second-order valence-corrected chi connectivity index (χ2v) is 5.57. The topological polar surface area (TPSA) is 62.1 Å². The monoisotopic (exact) mass is 340 g/mol. The van der Waals surface area contributed by atoms with Gasteiger partial charge in [0.15, 0.2) is 6.61 Å². The minimum atomic E-state index is -0.188. The summed E-state index contributed by atoms with van der Waals surface area (Å²) < 4.78 is 5.17. The Bertz CT molecular complexity index is 764. The van der Waals surface area contributed by atoms with Crippen molar-refractivity contribution in [3.63, 3.8) is 0 Å². The fourth-order valence-electron chi connectivity index (χ4n) is 2.08. The summed E-state index contributed by atoms with van der Waals surface area (Å²) in [5.41, 5.74) is 1.81. The minimum Gasteiger partial charge on any atom is -0.479 e. The molecule has 2 rings (SSSR count). The summed E-state index contributed by atoms with van der Waals surface area (Å²) >= 11 is 5.96. The molecule has 0 aliphatic carbocycles. The van der Waals surface area contributed by atoms with Crippen LogP contribution in [0.3, 0.4) is 0 Å².